The van der Waals surface area contributed by atoms with Gasteiger partial charge in [-0.25, -0.2) is 4.74 Å². The van der Waals surface area contributed by atoms with Gasteiger partial charge in [0.25, 0.3) is 5.84 Å². The number of nitrogens with two attached hydrogens (primary N) is 2. The predicted molar refractivity (Wildman–Crippen MR) is 57.6 cm³/mol. The van der Waals surface area contributed by atoms with Gasteiger partial charge in [0.15, 0.2) is 0 Å². The van der Waals surface area contributed by atoms with Gasteiger partial charge >= 0.3 is 0 Å². The minimum atomic E-state index is -1.08. The van der Waals surface area contributed by atoms with Gasteiger partial charge < -0.3 is 15.8 Å². The van der Waals surface area contributed by atoms with E-state index in [0.29, 0.717) is 4.74 Å². The van der Waals surface area contributed by atoms with E-state index in [1.54, 1.807) is 6.20 Å². The number of nitrogens with zero attached hydrogens (tertiary/aromatic N) is 1. The van der Waals surface area contributed by atoms with Crippen molar-refractivity contribution in [1.82, 2.24) is 10.6 Å². The van der Waals surface area contributed by atoms with Gasteiger partial charge in [-0.15, -0.1) is 0 Å². The molecule has 2 aliphatic rings. The van der Waals surface area contributed by atoms with Gasteiger partial charge in [0.05, 0.1) is 0 Å². The van der Waals surface area contributed by atoms with Gasteiger partial charge in [-0.05, 0) is 25.9 Å². The number of nitrogens with one attached hydrogen (secondary N) is 2. The summed E-state index contributed by atoms with van der Waals surface area (Å²) in [7, 11) is 0. The Hall–Kier alpha value is -1.27. The first-order valence-electron chi connectivity index (χ1n) is 5.18. The summed E-state index contributed by atoms with van der Waals surface area (Å²) >= 11 is 0. The molecule has 0 bridgehead atoms. The maximum absolute atomic E-state index is 11.8. The Morgan fingerprint density at radius 3 is 2.80 bits per heavy atom. The average molecular weight is 211 g/mol. The molecule has 2 aliphatic heterocycles. The van der Waals surface area contributed by atoms with Crippen LogP contribution in [0.3, 0.4) is 0 Å². The molecule has 2 heterocycles. The third kappa shape index (κ3) is 1.66. The lowest BCUT2D eigenvalue weighted by atomic mass is 9.90. The molecule has 6 heteroatoms. The van der Waals surface area contributed by atoms with Crippen molar-refractivity contribution < 1.29 is 4.74 Å². The number of piperidine rings is 1. The van der Waals surface area contributed by atoms with Crippen LogP contribution >= 0.6 is 0 Å². The van der Waals surface area contributed by atoms with E-state index in [9.17, 15) is 5.21 Å². The molecule has 1 fully saturated rings. The standard InChI is InChI=1S/C9H17N5O/c10-8-3-6-13-9(11,14(8)15)7-1-4-12-5-2-7/h3,6-7,12-13H,1-2,4-5,10-11H2. The van der Waals surface area contributed by atoms with Gasteiger partial charge in [-0.3, -0.25) is 11.5 Å². The van der Waals surface area contributed by atoms with E-state index in [1.807, 2.05) is 0 Å². The molecule has 15 heavy (non-hydrogen) atoms. The highest BCUT2D eigenvalue weighted by molar-refractivity contribution is 5.87. The second-order valence-corrected chi connectivity index (χ2v) is 4.05. The monoisotopic (exact) mass is 211 g/mol. The Labute approximate surface area is 88.6 Å². The zero-order valence-electron chi connectivity index (χ0n) is 8.57. The highest BCUT2D eigenvalue weighted by atomic mass is 16.5. The fourth-order valence-electron chi connectivity index (χ4n) is 2.15. The second-order valence-electron chi connectivity index (χ2n) is 4.05. The number of hydrogen-bond donors (Lipinski definition) is 4. The molecule has 1 unspecified atom stereocenters. The van der Waals surface area contributed by atoms with Crippen LogP contribution < -0.4 is 22.1 Å². The summed E-state index contributed by atoms with van der Waals surface area (Å²) in [5.41, 5.74) is 11.7. The van der Waals surface area contributed by atoms with E-state index in [2.05, 4.69) is 10.6 Å². The van der Waals surface area contributed by atoms with Crippen molar-refractivity contribution in [3.63, 3.8) is 0 Å². The van der Waals surface area contributed by atoms with Crippen LogP contribution in [-0.4, -0.2) is 29.5 Å². The molecule has 0 aromatic carbocycles. The van der Waals surface area contributed by atoms with Crippen molar-refractivity contribution >= 4 is 5.84 Å². The first kappa shape index (κ1) is 10.3. The maximum Gasteiger partial charge on any atom is 0.275 e. The summed E-state index contributed by atoms with van der Waals surface area (Å²) in [4.78, 5) is 0. The average Bonchev–Trinajstić information content (AvgIpc) is 2.27. The Morgan fingerprint density at radius 1 is 1.47 bits per heavy atom. The summed E-state index contributed by atoms with van der Waals surface area (Å²) in [6.07, 6.45) is 4.93. The summed E-state index contributed by atoms with van der Waals surface area (Å²) in [5, 5.41) is 18.0. The van der Waals surface area contributed by atoms with Gasteiger partial charge in [0, 0.05) is 18.2 Å². The third-order valence-electron chi connectivity index (χ3n) is 3.10. The van der Waals surface area contributed by atoms with Crippen LogP contribution in [0.2, 0.25) is 0 Å². The van der Waals surface area contributed by atoms with Crippen LogP contribution in [0, 0.1) is 11.1 Å². The first-order valence-corrected chi connectivity index (χ1v) is 5.18. The van der Waals surface area contributed by atoms with Crippen molar-refractivity contribution in [2.24, 2.45) is 17.4 Å². The number of rotatable bonds is 1. The van der Waals surface area contributed by atoms with E-state index in [4.69, 9.17) is 11.5 Å². The van der Waals surface area contributed by atoms with Crippen molar-refractivity contribution in [2.45, 2.75) is 18.6 Å². The molecular weight excluding hydrogens is 194 g/mol. The smallest absolute Gasteiger partial charge is 0.275 e. The molecule has 6 nitrogen and oxygen atoms in total. The minimum absolute atomic E-state index is 0.111. The van der Waals surface area contributed by atoms with E-state index < -0.39 is 5.79 Å². The van der Waals surface area contributed by atoms with Crippen LogP contribution in [0.4, 0.5) is 0 Å². The van der Waals surface area contributed by atoms with Crippen LogP contribution in [0.15, 0.2) is 12.3 Å². The van der Waals surface area contributed by atoms with Gasteiger partial charge in [0.2, 0.25) is 5.79 Å². The first-order chi connectivity index (χ1) is 7.14. The molecule has 1 atom stereocenters. The SMILES string of the molecule is NC1=[N+]([O-])C(N)(C2CCNCC2)NC=C1. The maximum atomic E-state index is 11.8. The molecule has 0 aliphatic carbocycles. The van der Waals surface area contributed by atoms with Crippen LogP contribution in [0.1, 0.15) is 12.8 Å². The minimum Gasteiger partial charge on any atom is -0.712 e. The molecule has 0 aromatic rings. The summed E-state index contributed by atoms with van der Waals surface area (Å²) in [5.74, 6) is -0.810. The zero-order chi connectivity index (χ0) is 10.9. The molecule has 84 valence electrons. The van der Waals surface area contributed by atoms with Crippen LogP contribution in [-0.2, 0) is 0 Å². The van der Waals surface area contributed by atoms with Crippen molar-refractivity contribution in [2.75, 3.05) is 13.1 Å². The van der Waals surface area contributed by atoms with Crippen LogP contribution in [0.25, 0.3) is 0 Å². The number of hydrogen-bond acceptors (Lipinski definition) is 5. The summed E-state index contributed by atoms with van der Waals surface area (Å²) in [6, 6.07) is 0. The Morgan fingerprint density at radius 2 is 2.13 bits per heavy atom. The van der Waals surface area contributed by atoms with Gasteiger partial charge in [-0.1, -0.05) is 0 Å². The quantitative estimate of drug-likeness (QED) is 0.315. The van der Waals surface area contributed by atoms with E-state index >= 15 is 0 Å². The molecular formula is C9H17N5O. The molecule has 6 N–H and O–H groups in total. The molecule has 1 saturated heterocycles. The van der Waals surface area contributed by atoms with E-state index in [1.165, 1.54) is 6.08 Å². The molecule has 0 spiro atoms. The van der Waals surface area contributed by atoms with Crippen molar-refractivity contribution in [1.29, 1.82) is 0 Å². The Bertz CT molecular complexity index is 308. The lowest BCUT2D eigenvalue weighted by Gasteiger charge is -2.42. The van der Waals surface area contributed by atoms with Crippen molar-refractivity contribution in [3.8, 4) is 0 Å². The highest BCUT2D eigenvalue weighted by Gasteiger charge is 2.41. The molecule has 0 saturated carbocycles. The fraction of sp³-hybridized carbons (Fsp3) is 0.667. The lowest BCUT2D eigenvalue weighted by molar-refractivity contribution is -0.570. The largest absolute Gasteiger partial charge is 0.712 e. The third-order valence-corrected chi connectivity index (χ3v) is 3.10. The van der Waals surface area contributed by atoms with Gasteiger partial charge in [-0.2, -0.15) is 0 Å². The molecule has 2 rings (SSSR count). The zero-order valence-corrected chi connectivity index (χ0v) is 8.57. The molecule has 0 radical (unpaired) electrons. The number of hydroxylamine groups is 1. The second kappa shape index (κ2) is 3.71. The topological polar surface area (TPSA) is 102 Å². The van der Waals surface area contributed by atoms with E-state index in [-0.39, 0.29) is 11.8 Å². The van der Waals surface area contributed by atoms with Crippen LogP contribution in [0.5, 0.6) is 0 Å². The number of amidine groups is 1. The lowest BCUT2D eigenvalue weighted by Crippen LogP contribution is -2.67. The fourth-order valence-corrected chi connectivity index (χ4v) is 2.15. The molecule has 0 aromatic heterocycles. The normalized spacial score (nSPS) is 32.9. The van der Waals surface area contributed by atoms with Gasteiger partial charge in [0.1, 0.15) is 0 Å². The Kier molecular flexibility index (Phi) is 2.54. The van der Waals surface area contributed by atoms with E-state index in [0.717, 1.165) is 25.9 Å². The molecule has 0 amide bonds. The van der Waals surface area contributed by atoms with Crippen molar-refractivity contribution in [3.05, 3.63) is 17.5 Å². The highest BCUT2D eigenvalue weighted by Crippen LogP contribution is 2.23. The predicted octanol–water partition coefficient (Wildman–Crippen LogP) is -1.42. The summed E-state index contributed by atoms with van der Waals surface area (Å²) < 4.78 is 0.684. The summed E-state index contributed by atoms with van der Waals surface area (Å²) in [6.45, 7) is 1.78. The Balaban J connectivity index is 2.22.